The number of carbonyl (C=O) groups is 1. The lowest BCUT2D eigenvalue weighted by molar-refractivity contribution is 0.0697. The lowest BCUT2D eigenvalue weighted by atomic mass is 10.2. The zero-order valence-electron chi connectivity index (χ0n) is 10.7. The maximum Gasteiger partial charge on any atom is 0.335 e. The van der Waals surface area contributed by atoms with Gasteiger partial charge in [0.25, 0.3) is 5.56 Å². The average Bonchev–Trinajstić information content (AvgIpc) is 2.48. The minimum atomic E-state index is -1.04. The SMILES string of the molecule is O=C(O)c1cccc(-n2cnc3ccc(Br)cc3c2=O)c1. The van der Waals surface area contributed by atoms with E-state index in [-0.39, 0.29) is 11.1 Å². The molecule has 0 radical (unpaired) electrons. The van der Waals surface area contributed by atoms with Crippen molar-refractivity contribution >= 4 is 32.8 Å². The van der Waals surface area contributed by atoms with Crippen LogP contribution in [0.2, 0.25) is 0 Å². The van der Waals surface area contributed by atoms with E-state index >= 15 is 0 Å². The van der Waals surface area contributed by atoms with Crippen molar-refractivity contribution in [2.75, 3.05) is 0 Å². The number of nitrogens with zero attached hydrogens (tertiary/aromatic N) is 2. The Balaban J connectivity index is 2.26. The van der Waals surface area contributed by atoms with Gasteiger partial charge in [0.15, 0.2) is 0 Å². The van der Waals surface area contributed by atoms with Gasteiger partial charge < -0.3 is 5.11 Å². The highest BCUT2D eigenvalue weighted by Gasteiger charge is 2.09. The van der Waals surface area contributed by atoms with Crippen LogP contribution in [0.5, 0.6) is 0 Å². The van der Waals surface area contributed by atoms with Gasteiger partial charge in [-0.2, -0.15) is 0 Å². The molecule has 0 aliphatic carbocycles. The van der Waals surface area contributed by atoms with Gasteiger partial charge in [-0.15, -0.1) is 0 Å². The lowest BCUT2D eigenvalue weighted by Gasteiger charge is -2.07. The lowest BCUT2D eigenvalue weighted by Crippen LogP contribution is -2.19. The highest BCUT2D eigenvalue weighted by Crippen LogP contribution is 2.16. The Kier molecular flexibility index (Phi) is 3.31. The van der Waals surface area contributed by atoms with Crippen molar-refractivity contribution in [3.05, 3.63) is 69.2 Å². The summed E-state index contributed by atoms with van der Waals surface area (Å²) < 4.78 is 2.12. The Bertz CT molecular complexity index is 918. The van der Waals surface area contributed by atoms with E-state index in [0.29, 0.717) is 16.6 Å². The van der Waals surface area contributed by atoms with Crippen LogP contribution in [0.3, 0.4) is 0 Å². The van der Waals surface area contributed by atoms with Crippen LogP contribution in [0.25, 0.3) is 16.6 Å². The highest BCUT2D eigenvalue weighted by atomic mass is 79.9. The standard InChI is InChI=1S/C15H9BrN2O3/c16-10-4-5-13-12(7-10)14(19)18(8-17-13)11-3-1-2-9(6-11)15(20)21/h1-8H,(H,20,21). The largest absolute Gasteiger partial charge is 0.478 e. The molecule has 0 aliphatic heterocycles. The van der Waals surface area contributed by atoms with Gasteiger partial charge in [0.2, 0.25) is 0 Å². The monoisotopic (exact) mass is 344 g/mol. The zero-order chi connectivity index (χ0) is 15.0. The van der Waals surface area contributed by atoms with E-state index in [4.69, 9.17) is 5.11 Å². The summed E-state index contributed by atoms with van der Waals surface area (Å²) in [7, 11) is 0. The number of aromatic carboxylic acids is 1. The van der Waals surface area contributed by atoms with Crippen LogP contribution >= 0.6 is 15.9 Å². The number of halogens is 1. The minimum absolute atomic E-state index is 0.119. The number of hydrogen-bond donors (Lipinski definition) is 1. The fourth-order valence-corrected chi connectivity index (χ4v) is 2.43. The molecule has 0 bridgehead atoms. The first-order chi connectivity index (χ1) is 10.1. The molecule has 21 heavy (non-hydrogen) atoms. The summed E-state index contributed by atoms with van der Waals surface area (Å²) >= 11 is 3.32. The van der Waals surface area contributed by atoms with E-state index < -0.39 is 5.97 Å². The second-order valence-electron chi connectivity index (χ2n) is 4.44. The van der Waals surface area contributed by atoms with Crippen LogP contribution in [-0.4, -0.2) is 20.6 Å². The quantitative estimate of drug-likeness (QED) is 0.775. The van der Waals surface area contributed by atoms with Crippen molar-refractivity contribution in [2.45, 2.75) is 0 Å². The second kappa shape index (κ2) is 5.14. The van der Waals surface area contributed by atoms with Crippen molar-refractivity contribution in [1.29, 1.82) is 0 Å². The molecule has 0 amide bonds. The van der Waals surface area contributed by atoms with Crippen molar-refractivity contribution in [1.82, 2.24) is 9.55 Å². The molecule has 5 nitrogen and oxygen atoms in total. The van der Waals surface area contributed by atoms with Crippen molar-refractivity contribution in [3.63, 3.8) is 0 Å². The van der Waals surface area contributed by atoms with Gasteiger partial charge in [-0.1, -0.05) is 22.0 Å². The van der Waals surface area contributed by atoms with Crippen LogP contribution in [-0.2, 0) is 0 Å². The summed E-state index contributed by atoms with van der Waals surface area (Å²) in [5.41, 5.74) is 0.931. The predicted molar refractivity (Wildman–Crippen MR) is 82.0 cm³/mol. The number of fused-ring (bicyclic) bond motifs is 1. The van der Waals surface area contributed by atoms with Gasteiger partial charge in [0.05, 0.1) is 22.2 Å². The smallest absolute Gasteiger partial charge is 0.335 e. The Morgan fingerprint density at radius 3 is 2.76 bits per heavy atom. The van der Waals surface area contributed by atoms with E-state index in [1.807, 2.05) is 6.07 Å². The van der Waals surface area contributed by atoms with Crippen LogP contribution in [0.1, 0.15) is 10.4 Å². The summed E-state index contributed by atoms with van der Waals surface area (Å²) in [6, 6.07) is 11.4. The molecule has 3 aromatic rings. The third kappa shape index (κ3) is 2.45. The topological polar surface area (TPSA) is 72.2 Å². The fourth-order valence-electron chi connectivity index (χ4n) is 2.07. The number of hydrogen-bond acceptors (Lipinski definition) is 3. The number of benzene rings is 2. The molecule has 0 unspecified atom stereocenters. The van der Waals surface area contributed by atoms with Gasteiger partial charge in [-0.25, -0.2) is 9.78 Å². The molecule has 0 saturated heterocycles. The molecule has 1 aromatic heterocycles. The first-order valence-corrected chi connectivity index (χ1v) is 6.86. The molecule has 1 heterocycles. The molecule has 0 aliphatic rings. The van der Waals surface area contributed by atoms with Gasteiger partial charge in [0.1, 0.15) is 6.33 Å². The second-order valence-corrected chi connectivity index (χ2v) is 5.35. The summed E-state index contributed by atoms with van der Waals surface area (Å²) in [6.07, 6.45) is 1.40. The van der Waals surface area contributed by atoms with Crippen LogP contribution in [0.4, 0.5) is 0 Å². The Hall–Kier alpha value is -2.47. The molecule has 3 rings (SSSR count). The summed E-state index contributed by atoms with van der Waals surface area (Å²) in [6.45, 7) is 0. The van der Waals surface area contributed by atoms with E-state index in [2.05, 4.69) is 20.9 Å². The molecule has 6 heteroatoms. The molecule has 104 valence electrons. The summed E-state index contributed by atoms with van der Waals surface area (Å²) in [5.74, 6) is -1.04. The van der Waals surface area contributed by atoms with Gasteiger partial charge in [-0.3, -0.25) is 9.36 Å². The molecule has 0 fully saturated rings. The van der Waals surface area contributed by atoms with E-state index in [9.17, 15) is 9.59 Å². The number of carboxylic acids is 1. The van der Waals surface area contributed by atoms with E-state index in [1.165, 1.54) is 23.0 Å². The third-order valence-corrected chi connectivity index (χ3v) is 3.58. The average molecular weight is 345 g/mol. The summed E-state index contributed by atoms with van der Waals surface area (Å²) in [4.78, 5) is 27.8. The molecule has 1 N–H and O–H groups in total. The normalized spacial score (nSPS) is 10.7. The predicted octanol–water partition coefficient (Wildman–Crippen LogP) is 2.85. The zero-order valence-corrected chi connectivity index (χ0v) is 12.2. The molecule has 0 spiro atoms. The minimum Gasteiger partial charge on any atom is -0.478 e. The molecule has 0 saturated carbocycles. The van der Waals surface area contributed by atoms with Crippen molar-refractivity contribution in [2.24, 2.45) is 0 Å². The first-order valence-electron chi connectivity index (χ1n) is 6.07. The third-order valence-electron chi connectivity index (χ3n) is 3.09. The molecule has 2 aromatic carbocycles. The number of carboxylic acid groups (broad SMARTS) is 1. The van der Waals surface area contributed by atoms with Gasteiger partial charge in [0, 0.05) is 4.47 Å². The highest BCUT2D eigenvalue weighted by molar-refractivity contribution is 9.10. The summed E-state index contributed by atoms with van der Waals surface area (Å²) in [5, 5.41) is 9.49. The first kappa shape index (κ1) is 13.5. The Morgan fingerprint density at radius 1 is 1.19 bits per heavy atom. The van der Waals surface area contributed by atoms with Crippen LogP contribution in [0, 0.1) is 0 Å². The van der Waals surface area contributed by atoms with Crippen LogP contribution < -0.4 is 5.56 Å². The number of aromatic nitrogens is 2. The van der Waals surface area contributed by atoms with Crippen molar-refractivity contribution in [3.8, 4) is 5.69 Å². The van der Waals surface area contributed by atoms with E-state index in [1.54, 1.807) is 24.3 Å². The van der Waals surface area contributed by atoms with Gasteiger partial charge >= 0.3 is 5.97 Å². The number of rotatable bonds is 2. The molecular formula is C15H9BrN2O3. The van der Waals surface area contributed by atoms with E-state index in [0.717, 1.165) is 4.47 Å². The fraction of sp³-hybridized carbons (Fsp3) is 0. The maximum absolute atomic E-state index is 12.5. The van der Waals surface area contributed by atoms with Crippen molar-refractivity contribution < 1.29 is 9.90 Å². The Labute approximate surface area is 127 Å². The maximum atomic E-state index is 12.5. The molecular weight excluding hydrogens is 336 g/mol. The molecule has 0 atom stereocenters. The van der Waals surface area contributed by atoms with Crippen LogP contribution in [0.15, 0.2) is 58.1 Å². The van der Waals surface area contributed by atoms with Gasteiger partial charge in [-0.05, 0) is 36.4 Å². The Morgan fingerprint density at radius 2 is 2.00 bits per heavy atom.